The number of nitrogens with two attached hydrogens (primary N) is 1. The van der Waals surface area contributed by atoms with E-state index < -0.39 is 5.97 Å². The summed E-state index contributed by atoms with van der Waals surface area (Å²) in [6.07, 6.45) is 2.63. The maximum atomic E-state index is 13.2. The summed E-state index contributed by atoms with van der Waals surface area (Å²) < 4.78 is 8.36. The summed E-state index contributed by atoms with van der Waals surface area (Å²) in [5, 5.41) is 1.42. The first kappa shape index (κ1) is 21.4. The molecule has 0 bridgehead atoms. The fourth-order valence-electron chi connectivity index (χ4n) is 3.67. The van der Waals surface area contributed by atoms with Crippen LogP contribution in [0, 0.1) is 0 Å². The molecule has 0 spiro atoms. The molecule has 160 valence electrons. The van der Waals surface area contributed by atoms with Gasteiger partial charge in [-0.05, 0) is 43.3 Å². The zero-order chi connectivity index (χ0) is 22.3. The number of nitrogens with zero attached hydrogens (tertiary/aromatic N) is 3. The van der Waals surface area contributed by atoms with Crippen LogP contribution < -0.4 is 11.3 Å². The molecular weight excluding hydrogens is 439 g/mol. The molecule has 4 aromatic rings. The van der Waals surface area contributed by atoms with Crippen molar-refractivity contribution in [3.8, 4) is 11.3 Å². The molecule has 31 heavy (non-hydrogen) atoms. The van der Waals surface area contributed by atoms with E-state index in [9.17, 15) is 9.59 Å². The van der Waals surface area contributed by atoms with Gasteiger partial charge in [0.1, 0.15) is 5.69 Å². The number of fused-ring (bicyclic) bond motifs is 2. The van der Waals surface area contributed by atoms with E-state index in [0.717, 1.165) is 17.3 Å². The molecule has 4 rings (SSSR count). The van der Waals surface area contributed by atoms with Gasteiger partial charge in [-0.25, -0.2) is 9.78 Å². The Hall–Kier alpha value is -2.87. The lowest BCUT2D eigenvalue weighted by Crippen LogP contribution is -2.20. The maximum Gasteiger partial charge on any atom is 0.337 e. The molecule has 0 unspecified atom stereocenters. The molecular formula is C22H20Cl2N4O3. The number of hydrogen-bond donors (Lipinski definition) is 1. The first-order valence-electron chi connectivity index (χ1n) is 9.63. The quantitative estimate of drug-likeness (QED) is 0.456. The summed E-state index contributed by atoms with van der Waals surface area (Å²) in [5.41, 5.74) is 8.65. The Morgan fingerprint density at radius 3 is 2.61 bits per heavy atom. The SMILES string of the molecule is COC(=O)c1ccc2c(c1)c(-c1nc3cc(Cl)c(Cl)cc3n(C)c1=O)cn2CCCN. The molecule has 2 aromatic carbocycles. The summed E-state index contributed by atoms with van der Waals surface area (Å²) >= 11 is 12.3. The van der Waals surface area contributed by atoms with E-state index in [0.29, 0.717) is 45.3 Å². The number of esters is 1. The minimum absolute atomic E-state index is 0.256. The van der Waals surface area contributed by atoms with Crippen molar-refractivity contribution in [1.29, 1.82) is 0 Å². The molecule has 0 aliphatic rings. The predicted octanol–water partition coefficient (Wildman–Crippen LogP) is 4.00. The van der Waals surface area contributed by atoms with Gasteiger partial charge in [-0.3, -0.25) is 4.79 Å². The molecule has 0 amide bonds. The number of benzene rings is 2. The van der Waals surface area contributed by atoms with Gasteiger partial charge in [0.05, 0.1) is 33.8 Å². The molecule has 0 saturated carbocycles. The van der Waals surface area contributed by atoms with Crippen molar-refractivity contribution in [2.75, 3.05) is 13.7 Å². The molecule has 0 atom stereocenters. The Labute approximate surface area is 187 Å². The molecule has 2 heterocycles. The minimum atomic E-state index is -0.455. The van der Waals surface area contributed by atoms with Gasteiger partial charge in [0.15, 0.2) is 0 Å². The molecule has 0 radical (unpaired) electrons. The van der Waals surface area contributed by atoms with Crippen molar-refractivity contribution in [2.45, 2.75) is 13.0 Å². The fraction of sp³-hybridized carbons (Fsp3) is 0.227. The van der Waals surface area contributed by atoms with Gasteiger partial charge in [-0.2, -0.15) is 0 Å². The highest BCUT2D eigenvalue weighted by Crippen LogP contribution is 2.32. The lowest BCUT2D eigenvalue weighted by molar-refractivity contribution is 0.0601. The van der Waals surface area contributed by atoms with Crippen LogP contribution in [0.4, 0.5) is 0 Å². The van der Waals surface area contributed by atoms with Crippen molar-refractivity contribution in [3.63, 3.8) is 0 Å². The monoisotopic (exact) mass is 458 g/mol. The largest absolute Gasteiger partial charge is 0.465 e. The zero-order valence-electron chi connectivity index (χ0n) is 17.0. The number of hydrogen-bond acceptors (Lipinski definition) is 5. The standard InChI is InChI=1S/C22H20Cl2N4O3/c1-27-19-10-16(24)15(23)9-17(19)26-20(21(27)29)14-11-28(7-3-6-25)18-5-4-12(8-13(14)18)22(30)31-2/h4-5,8-11H,3,6-7,25H2,1-2H3. The number of ether oxygens (including phenoxy) is 1. The summed E-state index contributed by atoms with van der Waals surface area (Å²) in [6, 6.07) is 8.51. The summed E-state index contributed by atoms with van der Waals surface area (Å²) in [7, 11) is 2.99. The molecule has 0 saturated heterocycles. The van der Waals surface area contributed by atoms with Crippen molar-refractivity contribution >= 4 is 51.1 Å². The third kappa shape index (κ3) is 3.69. The van der Waals surface area contributed by atoms with E-state index >= 15 is 0 Å². The van der Waals surface area contributed by atoms with Crippen molar-refractivity contribution in [2.24, 2.45) is 12.8 Å². The van der Waals surface area contributed by atoms with Gasteiger partial charge < -0.3 is 19.6 Å². The maximum absolute atomic E-state index is 13.2. The van der Waals surface area contributed by atoms with Crippen LogP contribution in [-0.4, -0.2) is 33.7 Å². The van der Waals surface area contributed by atoms with Gasteiger partial charge >= 0.3 is 5.97 Å². The van der Waals surface area contributed by atoms with E-state index in [1.165, 1.54) is 11.7 Å². The lowest BCUT2D eigenvalue weighted by atomic mass is 10.1. The number of aromatic nitrogens is 3. The number of rotatable bonds is 5. The molecule has 7 nitrogen and oxygen atoms in total. The van der Waals surface area contributed by atoms with Crippen LogP contribution in [0.5, 0.6) is 0 Å². The summed E-state index contributed by atoms with van der Waals surface area (Å²) in [6.45, 7) is 1.20. The van der Waals surface area contributed by atoms with E-state index in [2.05, 4.69) is 4.98 Å². The third-order valence-electron chi connectivity index (χ3n) is 5.28. The van der Waals surface area contributed by atoms with Gasteiger partial charge in [-0.15, -0.1) is 0 Å². The average molecular weight is 459 g/mol. The second-order valence-corrected chi connectivity index (χ2v) is 8.00. The van der Waals surface area contributed by atoms with Crippen LogP contribution in [0.2, 0.25) is 10.0 Å². The Bertz CT molecular complexity index is 1390. The van der Waals surface area contributed by atoms with Gasteiger partial charge in [-0.1, -0.05) is 23.2 Å². The molecule has 2 N–H and O–H groups in total. The van der Waals surface area contributed by atoms with E-state index in [1.807, 2.05) is 16.8 Å². The predicted molar refractivity (Wildman–Crippen MR) is 123 cm³/mol. The van der Waals surface area contributed by atoms with Gasteiger partial charge in [0.2, 0.25) is 0 Å². The van der Waals surface area contributed by atoms with Gasteiger partial charge in [0, 0.05) is 36.3 Å². The Morgan fingerprint density at radius 1 is 1.16 bits per heavy atom. The topological polar surface area (TPSA) is 92.1 Å². The first-order valence-corrected chi connectivity index (χ1v) is 10.4. The lowest BCUT2D eigenvalue weighted by Gasteiger charge is -2.09. The average Bonchev–Trinajstić information content (AvgIpc) is 3.13. The number of aryl methyl sites for hydroxylation is 2. The van der Waals surface area contributed by atoms with Crippen molar-refractivity contribution in [1.82, 2.24) is 14.1 Å². The molecule has 0 aliphatic carbocycles. The smallest absolute Gasteiger partial charge is 0.337 e. The second-order valence-electron chi connectivity index (χ2n) is 7.18. The van der Waals surface area contributed by atoms with E-state index in [-0.39, 0.29) is 11.3 Å². The highest BCUT2D eigenvalue weighted by atomic mass is 35.5. The number of halogens is 2. The molecule has 9 heteroatoms. The minimum Gasteiger partial charge on any atom is -0.465 e. The third-order valence-corrected chi connectivity index (χ3v) is 6.00. The normalized spacial score (nSPS) is 11.4. The molecule has 0 fully saturated rings. The number of methoxy groups -OCH3 is 1. The summed E-state index contributed by atoms with van der Waals surface area (Å²) in [5.74, 6) is -0.455. The van der Waals surface area contributed by atoms with Crippen LogP contribution >= 0.6 is 23.2 Å². The van der Waals surface area contributed by atoms with E-state index in [1.54, 1.807) is 31.3 Å². The Kier molecular flexibility index (Phi) is 5.75. The highest BCUT2D eigenvalue weighted by molar-refractivity contribution is 6.42. The number of carbonyl (C=O) groups is 1. The van der Waals surface area contributed by atoms with Crippen molar-refractivity contribution in [3.05, 3.63) is 62.5 Å². The Morgan fingerprint density at radius 2 is 1.90 bits per heavy atom. The van der Waals surface area contributed by atoms with Crippen LogP contribution in [0.15, 0.2) is 41.3 Å². The summed E-state index contributed by atoms with van der Waals surface area (Å²) in [4.78, 5) is 29.9. The van der Waals surface area contributed by atoms with Crippen LogP contribution in [0.3, 0.4) is 0 Å². The first-order chi connectivity index (χ1) is 14.8. The molecule has 0 aliphatic heterocycles. The van der Waals surface area contributed by atoms with Gasteiger partial charge in [0.25, 0.3) is 5.56 Å². The second kappa shape index (κ2) is 8.34. The molecule has 2 aromatic heterocycles. The number of carbonyl (C=O) groups excluding carboxylic acids is 1. The van der Waals surface area contributed by atoms with E-state index in [4.69, 9.17) is 33.7 Å². The highest BCUT2D eigenvalue weighted by Gasteiger charge is 2.19. The van der Waals surface area contributed by atoms with Crippen LogP contribution in [-0.2, 0) is 18.3 Å². The Balaban J connectivity index is 2.03. The zero-order valence-corrected chi connectivity index (χ0v) is 18.5. The van der Waals surface area contributed by atoms with Crippen LogP contribution in [0.25, 0.3) is 33.2 Å². The fourth-order valence-corrected chi connectivity index (χ4v) is 3.99. The van der Waals surface area contributed by atoms with Crippen LogP contribution in [0.1, 0.15) is 16.8 Å². The van der Waals surface area contributed by atoms with Crippen molar-refractivity contribution < 1.29 is 9.53 Å².